The van der Waals surface area contributed by atoms with Crippen LogP contribution in [-0.4, -0.2) is 36.5 Å². The van der Waals surface area contributed by atoms with E-state index in [9.17, 15) is 28.2 Å². The number of benzene rings is 2. The van der Waals surface area contributed by atoms with Crippen LogP contribution in [0.5, 0.6) is 0 Å². The number of aliphatic carboxylic acids is 1. The minimum Gasteiger partial charge on any atom is -0.480 e. The summed E-state index contributed by atoms with van der Waals surface area (Å²) in [7, 11) is -4.21. The Labute approximate surface area is 150 Å². The number of anilines is 1. The van der Waals surface area contributed by atoms with Gasteiger partial charge >= 0.3 is 5.97 Å². The van der Waals surface area contributed by atoms with E-state index in [1.165, 1.54) is 43.3 Å². The molecule has 0 bridgehead atoms. The monoisotopic (exact) mass is 378 g/mol. The standard InChI is InChI=1S/C17H18N2O6S/c1-11(20)18-13-7-9-14(10-8-13)26(24,25)19-15(17(22)23)16(21)12-5-3-2-4-6-12/h2-10,15-16,19,21H,1H3,(H,18,20)(H,22,23). The maximum absolute atomic E-state index is 12.4. The van der Waals surface area contributed by atoms with Crippen molar-refractivity contribution in [1.29, 1.82) is 0 Å². The molecule has 0 heterocycles. The van der Waals surface area contributed by atoms with E-state index in [-0.39, 0.29) is 16.4 Å². The van der Waals surface area contributed by atoms with Crippen LogP contribution in [0.3, 0.4) is 0 Å². The number of aliphatic hydroxyl groups is 1. The fraction of sp³-hybridized carbons (Fsp3) is 0.176. The zero-order valence-corrected chi connectivity index (χ0v) is 14.6. The number of hydrogen-bond acceptors (Lipinski definition) is 5. The molecule has 0 spiro atoms. The smallest absolute Gasteiger partial charge is 0.324 e. The minimum absolute atomic E-state index is 0.196. The van der Waals surface area contributed by atoms with Gasteiger partial charge in [0.1, 0.15) is 12.1 Å². The van der Waals surface area contributed by atoms with Gasteiger partial charge < -0.3 is 15.5 Å². The molecule has 138 valence electrons. The number of nitrogens with one attached hydrogen (secondary N) is 2. The van der Waals surface area contributed by atoms with Crippen LogP contribution in [-0.2, 0) is 19.6 Å². The largest absolute Gasteiger partial charge is 0.480 e. The quantitative estimate of drug-likeness (QED) is 0.570. The summed E-state index contributed by atoms with van der Waals surface area (Å²) in [5.41, 5.74) is 0.666. The lowest BCUT2D eigenvalue weighted by Gasteiger charge is -2.20. The molecule has 0 aliphatic heterocycles. The van der Waals surface area contributed by atoms with Gasteiger partial charge in [-0.2, -0.15) is 4.72 Å². The van der Waals surface area contributed by atoms with Crippen LogP contribution in [0.15, 0.2) is 59.5 Å². The van der Waals surface area contributed by atoms with E-state index in [4.69, 9.17) is 0 Å². The Hall–Kier alpha value is -2.75. The topological polar surface area (TPSA) is 133 Å². The first-order chi connectivity index (χ1) is 12.2. The Morgan fingerprint density at radius 3 is 2.08 bits per heavy atom. The predicted molar refractivity (Wildman–Crippen MR) is 93.9 cm³/mol. The van der Waals surface area contributed by atoms with Gasteiger partial charge in [0.25, 0.3) is 0 Å². The van der Waals surface area contributed by atoms with Crippen LogP contribution in [0.1, 0.15) is 18.6 Å². The van der Waals surface area contributed by atoms with E-state index >= 15 is 0 Å². The van der Waals surface area contributed by atoms with Crippen LogP contribution in [0, 0.1) is 0 Å². The van der Waals surface area contributed by atoms with Crippen molar-refractivity contribution in [1.82, 2.24) is 4.72 Å². The highest BCUT2D eigenvalue weighted by Crippen LogP contribution is 2.20. The summed E-state index contributed by atoms with van der Waals surface area (Å²) < 4.78 is 26.9. The third kappa shape index (κ3) is 4.88. The molecular formula is C17H18N2O6S. The number of carbonyl (C=O) groups excluding carboxylic acids is 1. The number of amides is 1. The molecule has 0 saturated heterocycles. The van der Waals surface area contributed by atoms with Crippen molar-refractivity contribution in [2.24, 2.45) is 0 Å². The van der Waals surface area contributed by atoms with Crippen molar-refractivity contribution >= 4 is 27.6 Å². The number of rotatable bonds is 7. The third-order valence-corrected chi connectivity index (χ3v) is 4.95. The molecule has 0 fully saturated rings. The molecule has 0 aliphatic carbocycles. The van der Waals surface area contributed by atoms with Crippen molar-refractivity contribution in [3.63, 3.8) is 0 Å². The SMILES string of the molecule is CC(=O)Nc1ccc(S(=O)(=O)NC(C(=O)O)C(O)c2ccccc2)cc1. The fourth-order valence-electron chi connectivity index (χ4n) is 2.25. The zero-order chi connectivity index (χ0) is 19.3. The van der Waals surface area contributed by atoms with Gasteiger partial charge in [0, 0.05) is 12.6 Å². The second-order valence-electron chi connectivity index (χ2n) is 5.50. The lowest BCUT2D eigenvalue weighted by molar-refractivity contribution is -0.142. The highest BCUT2D eigenvalue weighted by atomic mass is 32.2. The molecule has 1 amide bonds. The number of carboxylic acid groups (broad SMARTS) is 1. The van der Waals surface area contributed by atoms with E-state index < -0.39 is 28.1 Å². The number of aliphatic hydroxyl groups excluding tert-OH is 1. The van der Waals surface area contributed by atoms with Crippen molar-refractivity contribution in [3.8, 4) is 0 Å². The molecule has 0 aromatic heterocycles. The molecule has 2 aromatic rings. The molecule has 2 atom stereocenters. The van der Waals surface area contributed by atoms with Crippen molar-refractivity contribution in [2.45, 2.75) is 24.0 Å². The van der Waals surface area contributed by atoms with Gasteiger partial charge in [-0.25, -0.2) is 8.42 Å². The van der Waals surface area contributed by atoms with E-state index in [1.54, 1.807) is 18.2 Å². The summed E-state index contributed by atoms with van der Waals surface area (Å²) in [5, 5.41) is 22.1. The Balaban J connectivity index is 2.24. The Morgan fingerprint density at radius 2 is 1.58 bits per heavy atom. The van der Waals surface area contributed by atoms with Gasteiger partial charge in [-0.15, -0.1) is 0 Å². The highest BCUT2D eigenvalue weighted by Gasteiger charge is 2.32. The van der Waals surface area contributed by atoms with E-state index in [1.807, 2.05) is 4.72 Å². The Morgan fingerprint density at radius 1 is 1.00 bits per heavy atom. The summed E-state index contributed by atoms with van der Waals surface area (Å²) in [4.78, 5) is 22.3. The molecule has 2 unspecified atom stereocenters. The summed E-state index contributed by atoms with van der Waals surface area (Å²) >= 11 is 0. The van der Waals surface area contributed by atoms with Gasteiger partial charge in [-0.05, 0) is 29.8 Å². The van der Waals surface area contributed by atoms with Gasteiger partial charge in [0.05, 0.1) is 4.90 Å². The van der Waals surface area contributed by atoms with Crippen LogP contribution in [0.2, 0.25) is 0 Å². The predicted octanol–water partition coefficient (Wildman–Crippen LogP) is 1.11. The summed E-state index contributed by atoms with van der Waals surface area (Å²) in [5.74, 6) is -1.82. The zero-order valence-electron chi connectivity index (χ0n) is 13.8. The molecular weight excluding hydrogens is 360 g/mol. The Bertz CT molecular complexity index is 881. The summed E-state index contributed by atoms with van der Waals surface area (Å²) in [6.45, 7) is 1.31. The molecule has 2 aromatic carbocycles. The Kier molecular flexibility index (Phi) is 6.09. The molecule has 2 rings (SSSR count). The highest BCUT2D eigenvalue weighted by molar-refractivity contribution is 7.89. The first-order valence-electron chi connectivity index (χ1n) is 7.56. The maximum atomic E-state index is 12.4. The average molecular weight is 378 g/mol. The second kappa shape index (κ2) is 8.09. The van der Waals surface area contributed by atoms with E-state index in [2.05, 4.69) is 5.32 Å². The van der Waals surface area contributed by atoms with Gasteiger partial charge in [-0.3, -0.25) is 9.59 Å². The van der Waals surface area contributed by atoms with Gasteiger partial charge in [-0.1, -0.05) is 30.3 Å². The lowest BCUT2D eigenvalue weighted by atomic mass is 10.0. The van der Waals surface area contributed by atoms with E-state index in [0.717, 1.165) is 0 Å². The number of carboxylic acids is 1. The van der Waals surface area contributed by atoms with Crippen molar-refractivity contribution in [3.05, 3.63) is 60.2 Å². The van der Waals surface area contributed by atoms with Crippen LogP contribution in [0.4, 0.5) is 5.69 Å². The summed E-state index contributed by atoms with van der Waals surface area (Å²) in [6, 6.07) is 11.3. The van der Waals surface area contributed by atoms with Gasteiger partial charge in [0.15, 0.2) is 0 Å². The van der Waals surface area contributed by atoms with E-state index in [0.29, 0.717) is 5.69 Å². The number of sulfonamides is 1. The van der Waals surface area contributed by atoms with Gasteiger partial charge in [0.2, 0.25) is 15.9 Å². The second-order valence-corrected chi connectivity index (χ2v) is 7.21. The first kappa shape index (κ1) is 19.6. The summed E-state index contributed by atoms with van der Waals surface area (Å²) in [6.07, 6.45) is -1.57. The molecule has 4 N–H and O–H groups in total. The molecule has 0 radical (unpaired) electrons. The molecule has 9 heteroatoms. The molecule has 8 nitrogen and oxygen atoms in total. The van der Waals surface area contributed by atoms with Crippen molar-refractivity contribution < 1.29 is 28.2 Å². The average Bonchev–Trinajstić information content (AvgIpc) is 2.59. The third-order valence-electron chi connectivity index (χ3n) is 3.49. The normalized spacial score (nSPS) is 13.6. The molecule has 26 heavy (non-hydrogen) atoms. The lowest BCUT2D eigenvalue weighted by Crippen LogP contribution is -2.44. The minimum atomic E-state index is -4.21. The fourth-order valence-corrected chi connectivity index (χ4v) is 3.44. The maximum Gasteiger partial charge on any atom is 0.324 e. The van der Waals surface area contributed by atoms with Crippen LogP contribution >= 0.6 is 0 Å². The van der Waals surface area contributed by atoms with Crippen molar-refractivity contribution in [2.75, 3.05) is 5.32 Å². The molecule has 0 saturated carbocycles. The first-order valence-corrected chi connectivity index (χ1v) is 9.05. The van der Waals surface area contributed by atoms with Crippen LogP contribution < -0.4 is 10.0 Å². The number of carbonyl (C=O) groups is 2. The molecule has 0 aliphatic rings. The van der Waals surface area contributed by atoms with Crippen LogP contribution in [0.25, 0.3) is 0 Å². The number of hydrogen-bond donors (Lipinski definition) is 4.